The van der Waals surface area contributed by atoms with Crippen LogP contribution in [0, 0.1) is 0 Å². The van der Waals surface area contributed by atoms with Crippen LogP contribution < -0.4 is 4.31 Å². The second kappa shape index (κ2) is 8.61. The highest BCUT2D eigenvalue weighted by atomic mass is 32.2. The first kappa shape index (κ1) is 22.0. The molecule has 9 heteroatoms. The topological polar surface area (TPSA) is 107 Å². The van der Waals surface area contributed by atoms with Crippen molar-refractivity contribution < 1.29 is 28.2 Å². The third kappa shape index (κ3) is 4.73. The number of likely N-dealkylation sites (tertiary alicyclic amines) is 1. The van der Waals surface area contributed by atoms with Gasteiger partial charge in [-0.05, 0) is 51.1 Å². The van der Waals surface area contributed by atoms with E-state index in [0.717, 1.165) is 0 Å². The van der Waals surface area contributed by atoms with E-state index in [2.05, 4.69) is 0 Å². The number of piperidine rings is 1. The van der Waals surface area contributed by atoms with Gasteiger partial charge < -0.3 is 14.7 Å². The van der Waals surface area contributed by atoms with Gasteiger partial charge in [0.25, 0.3) is 11.3 Å². The number of fused-ring (bicyclic) bond motifs is 1. The summed E-state index contributed by atoms with van der Waals surface area (Å²) in [5, 5.41) is 10.6. The summed E-state index contributed by atoms with van der Waals surface area (Å²) in [5.41, 5.74) is 0.0436. The Hall–Kier alpha value is -2.65. The van der Waals surface area contributed by atoms with Crippen LogP contribution >= 0.6 is 0 Å². The Morgan fingerprint density at radius 3 is 2.27 bits per heavy atom. The first-order chi connectivity index (χ1) is 14.1. The smallest absolute Gasteiger partial charge is 0.410 e. The summed E-state index contributed by atoms with van der Waals surface area (Å²) in [6.07, 6.45) is 0.579. The molecule has 1 unspecified atom stereocenters. The van der Waals surface area contributed by atoms with Gasteiger partial charge in [0, 0.05) is 24.5 Å². The third-order valence-corrected chi connectivity index (χ3v) is 5.81. The minimum Gasteiger partial charge on any atom is -0.478 e. The van der Waals surface area contributed by atoms with Crippen molar-refractivity contribution in [1.29, 1.82) is 0 Å². The van der Waals surface area contributed by atoms with Gasteiger partial charge in [0.1, 0.15) is 5.60 Å². The van der Waals surface area contributed by atoms with E-state index in [-0.39, 0.29) is 11.6 Å². The van der Waals surface area contributed by atoms with Crippen LogP contribution in [-0.4, -0.2) is 55.6 Å². The lowest BCUT2D eigenvalue weighted by molar-refractivity contribution is 0.0207. The van der Waals surface area contributed by atoms with E-state index in [1.165, 1.54) is 10.4 Å². The van der Waals surface area contributed by atoms with Crippen LogP contribution in [0.3, 0.4) is 0 Å². The average Bonchev–Trinajstić information content (AvgIpc) is 2.66. The Labute approximate surface area is 177 Å². The summed E-state index contributed by atoms with van der Waals surface area (Å²) in [7, 11) is 0. The van der Waals surface area contributed by atoms with Crippen molar-refractivity contribution in [2.75, 3.05) is 17.4 Å². The van der Waals surface area contributed by atoms with Crippen molar-refractivity contribution in [3.8, 4) is 0 Å². The van der Waals surface area contributed by atoms with Crippen molar-refractivity contribution >= 4 is 39.8 Å². The van der Waals surface area contributed by atoms with Crippen LogP contribution in [0.1, 0.15) is 44.0 Å². The maximum atomic E-state index is 12.3. The van der Waals surface area contributed by atoms with Gasteiger partial charge in [-0.3, -0.25) is 8.86 Å². The molecule has 1 atom stereocenters. The number of aromatic carboxylic acids is 1. The van der Waals surface area contributed by atoms with E-state index < -0.39 is 28.9 Å². The van der Waals surface area contributed by atoms with Gasteiger partial charge >= 0.3 is 12.1 Å². The fourth-order valence-corrected chi connectivity index (χ4v) is 4.48. The standard InChI is InChI=1S/C21H26N2O6S/c1-21(2,3)29-20(26)22-12-10-14(11-13-22)23(30(27)28)18-9-5-6-15-16(18)7-4-8-17(15)19(24)25/h4-9,14H,10-13H2,1-3H3,(H,24,25)(H,27,28). The molecule has 30 heavy (non-hydrogen) atoms. The predicted octanol–water partition coefficient (Wildman–Crippen LogP) is 3.88. The molecule has 2 aromatic carbocycles. The lowest BCUT2D eigenvalue weighted by Crippen LogP contribution is -2.48. The molecular formula is C21H26N2O6S. The van der Waals surface area contributed by atoms with Crippen LogP contribution in [-0.2, 0) is 16.0 Å². The van der Waals surface area contributed by atoms with Crippen molar-refractivity contribution in [2.24, 2.45) is 0 Å². The van der Waals surface area contributed by atoms with Crippen molar-refractivity contribution in [3.63, 3.8) is 0 Å². The third-order valence-electron chi connectivity index (χ3n) is 4.98. The molecule has 3 rings (SSSR count). The summed E-state index contributed by atoms with van der Waals surface area (Å²) in [6.45, 7) is 6.22. The molecule has 1 aliphatic heterocycles. The molecule has 2 N–H and O–H groups in total. The monoisotopic (exact) mass is 434 g/mol. The van der Waals surface area contributed by atoms with Gasteiger partial charge in [-0.2, -0.15) is 0 Å². The first-order valence-electron chi connectivity index (χ1n) is 9.71. The number of nitrogens with zero attached hydrogens (tertiary/aromatic N) is 2. The number of hydrogen-bond donors (Lipinski definition) is 2. The van der Waals surface area contributed by atoms with Gasteiger partial charge in [0.2, 0.25) is 0 Å². The fraction of sp³-hybridized carbons (Fsp3) is 0.429. The molecule has 0 bridgehead atoms. The van der Waals surface area contributed by atoms with Gasteiger partial charge in [0.05, 0.1) is 11.3 Å². The Morgan fingerprint density at radius 1 is 1.10 bits per heavy atom. The zero-order valence-corrected chi connectivity index (χ0v) is 18.0. The van der Waals surface area contributed by atoms with Crippen molar-refractivity contribution in [2.45, 2.75) is 45.3 Å². The quantitative estimate of drug-likeness (QED) is 0.707. The molecule has 0 saturated carbocycles. The summed E-state index contributed by atoms with van der Waals surface area (Å²) < 4.78 is 29.2. The maximum absolute atomic E-state index is 12.3. The molecule has 162 valence electrons. The zero-order chi connectivity index (χ0) is 22.1. The lowest BCUT2D eigenvalue weighted by atomic mass is 10.0. The molecule has 1 saturated heterocycles. The van der Waals surface area contributed by atoms with E-state index in [1.807, 2.05) is 0 Å². The van der Waals surface area contributed by atoms with E-state index in [1.54, 1.807) is 56.0 Å². The molecule has 1 fully saturated rings. The summed E-state index contributed by atoms with van der Waals surface area (Å²) >= 11 is -2.31. The second-order valence-electron chi connectivity index (χ2n) is 8.24. The number of benzene rings is 2. The largest absolute Gasteiger partial charge is 0.478 e. The van der Waals surface area contributed by atoms with Crippen molar-refractivity contribution in [3.05, 3.63) is 42.0 Å². The molecule has 0 aliphatic carbocycles. The number of amides is 1. The second-order valence-corrected chi connectivity index (χ2v) is 9.09. The molecule has 0 aromatic heterocycles. The average molecular weight is 435 g/mol. The highest BCUT2D eigenvalue weighted by Gasteiger charge is 2.32. The van der Waals surface area contributed by atoms with Crippen molar-refractivity contribution in [1.82, 2.24) is 4.90 Å². The number of anilines is 1. The number of ether oxygens (including phenoxy) is 1. The Bertz CT molecular complexity index is 979. The van der Waals surface area contributed by atoms with Crippen LogP contribution in [0.2, 0.25) is 0 Å². The first-order valence-corrected chi connectivity index (χ1v) is 10.8. The molecule has 8 nitrogen and oxygen atoms in total. The highest BCUT2D eigenvalue weighted by molar-refractivity contribution is 7.80. The molecule has 1 heterocycles. The van der Waals surface area contributed by atoms with E-state index >= 15 is 0 Å². The normalized spacial score (nSPS) is 16.3. The molecule has 1 aliphatic rings. The summed E-state index contributed by atoms with van der Waals surface area (Å²) in [6, 6.07) is 9.67. The number of carboxylic acids is 1. The van der Waals surface area contributed by atoms with Gasteiger partial charge in [0.15, 0.2) is 0 Å². The Balaban J connectivity index is 1.87. The highest BCUT2D eigenvalue weighted by Crippen LogP contribution is 2.33. The SMILES string of the molecule is CC(C)(C)OC(=O)N1CCC(N(c2cccc3c(C(=O)O)cccc23)S(=O)O)CC1. The Morgan fingerprint density at radius 2 is 1.70 bits per heavy atom. The van der Waals surface area contributed by atoms with Crippen LogP contribution in [0.15, 0.2) is 36.4 Å². The summed E-state index contributed by atoms with van der Waals surface area (Å²) in [5.74, 6) is -1.06. The molecule has 0 radical (unpaired) electrons. The number of rotatable bonds is 4. The Kier molecular flexibility index (Phi) is 6.33. The van der Waals surface area contributed by atoms with Crippen LogP contribution in [0.4, 0.5) is 10.5 Å². The minimum absolute atomic E-state index is 0.137. The molecular weight excluding hydrogens is 408 g/mol. The number of carbonyl (C=O) groups is 2. The molecule has 2 aromatic rings. The van der Waals surface area contributed by atoms with Crippen LogP contribution in [0.25, 0.3) is 10.8 Å². The van der Waals surface area contributed by atoms with E-state index in [4.69, 9.17) is 4.74 Å². The molecule has 0 spiro atoms. The van der Waals surface area contributed by atoms with Gasteiger partial charge in [-0.25, -0.2) is 13.8 Å². The summed E-state index contributed by atoms with van der Waals surface area (Å²) in [4.78, 5) is 25.5. The minimum atomic E-state index is -2.31. The number of carboxylic acid groups (broad SMARTS) is 1. The van der Waals surface area contributed by atoms with E-state index in [0.29, 0.717) is 42.4 Å². The van der Waals surface area contributed by atoms with Crippen LogP contribution in [0.5, 0.6) is 0 Å². The predicted molar refractivity (Wildman–Crippen MR) is 115 cm³/mol. The van der Waals surface area contributed by atoms with Gasteiger partial charge in [-0.1, -0.05) is 24.3 Å². The van der Waals surface area contributed by atoms with E-state index in [9.17, 15) is 23.5 Å². The zero-order valence-electron chi connectivity index (χ0n) is 17.2. The molecule has 1 amide bonds. The lowest BCUT2D eigenvalue weighted by Gasteiger charge is -2.38. The number of hydrogen-bond acceptors (Lipinski definition) is 4. The maximum Gasteiger partial charge on any atom is 0.410 e. The van der Waals surface area contributed by atoms with Gasteiger partial charge in [-0.15, -0.1) is 0 Å². The fourth-order valence-electron chi connectivity index (χ4n) is 3.69. The number of carbonyl (C=O) groups excluding carboxylic acids is 1.